The number of thioether (sulfide) groups is 2. The molecule has 1 aliphatic rings. The average Bonchev–Trinajstić information content (AvgIpc) is 2.88. The largest absolute Gasteiger partial charge is 0.497 e. The molecule has 118 valence electrons. The highest BCUT2D eigenvalue weighted by molar-refractivity contribution is 8.03. The van der Waals surface area contributed by atoms with Gasteiger partial charge in [0.2, 0.25) is 0 Å². The lowest BCUT2D eigenvalue weighted by atomic mass is 10.1. The Morgan fingerprint density at radius 2 is 1.95 bits per heavy atom. The molecule has 1 aromatic carbocycles. The molecular formula is C16H20N2O2S2. The Hall–Kier alpha value is -1.11. The molecular weight excluding hydrogens is 316 g/mol. The number of nitrogens with zero attached hydrogens (tertiary/aromatic N) is 1. The minimum Gasteiger partial charge on any atom is -0.497 e. The molecule has 22 heavy (non-hydrogen) atoms. The molecule has 1 aromatic heterocycles. The van der Waals surface area contributed by atoms with Crippen LogP contribution in [0.4, 0.5) is 0 Å². The predicted molar refractivity (Wildman–Crippen MR) is 93.8 cm³/mol. The molecule has 3 rings (SSSR count). The van der Waals surface area contributed by atoms with Gasteiger partial charge in [0.05, 0.1) is 12.8 Å². The molecule has 1 N–H and O–H groups in total. The maximum atomic E-state index is 5.45. The fraction of sp³-hybridized carbons (Fsp3) is 0.438. The van der Waals surface area contributed by atoms with Gasteiger partial charge in [0, 0.05) is 47.2 Å². The first-order valence-corrected chi connectivity index (χ1v) is 9.65. The van der Waals surface area contributed by atoms with Crippen LogP contribution in [0.3, 0.4) is 0 Å². The van der Waals surface area contributed by atoms with Gasteiger partial charge in [-0.05, 0) is 24.3 Å². The molecule has 0 radical (unpaired) electrons. The third-order valence-corrected chi connectivity index (χ3v) is 6.04. The van der Waals surface area contributed by atoms with E-state index < -0.39 is 0 Å². The van der Waals surface area contributed by atoms with E-state index >= 15 is 0 Å². The number of aromatic nitrogens is 1. The maximum Gasteiger partial charge on any atom is 0.167 e. The first kappa shape index (κ1) is 15.8. The van der Waals surface area contributed by atoms with Crippen molar-refractivity contribution in [2.75, 3.05) is 30.1 Å². The molecule has 0 bridgehead atoms. The minimum absolute atomic E-state index is 0.554. The van der Waals surface area contributed by atoms with E-state index in [0.29, 0.717) is 6.04 Å². The first-order chi connectivity index (χ1) is 10.8. The number of rotatable bonds is 5. The highest BCUT2D eigenvalue weighted by atomic mass is 32.2. The van der Waals surface area contributed by atoms with E-state index in [2.05, 4.69) is 10.5 Å². The van der Waals surface area contributed by atoms with Crippen LogP contribution in [0.15, 0.2) is 34.9 Å². The van der Waals surface area contributed by atoms with E-state index in [1.807, 2.05) is 53.9 Å². The number of hydrogen-bond donors (Lipinski definition) is 1. The number of hydrogen-bond acceptors (Lipinski definition) is 6. The quantitative estimate of drug-likeness (QED) is 0.904. The Kier molecular flexibility index (Phi) is 5.70. The molecule has 0 saturated carbocycles. The summed E-state index contributed by atoms with van der Waals surface area (Å²) in [7, 11) is 1.66. The van der Waals surface area contributed by atoms with Crippen LogP contribution >= 0.6 is 23.5 Å². The topological polar surface area (TPSA) is 47.3 Å². The fourth-order valence-corrected chi connectivity index (χ4v) is 4.74. The van der Waals surface area contributed by atoms with Crippen molar-refractivity contribution < 1.29 is 9.26 Å². The SMILES string of the molecule is COc1ccc(-c2cc(CNC3CSCCSC3)no2)cc1. The summed E-state index contributed by atoms with van der Waals surface area (Å²) in [5.41, 5.74) is 1.96. The van der Waals surface area contributed by atoms with Crippen LogP contribution in [-0.2, 0) is 6.54 Å². The zero-order valence-corrected chi connectivity index (χ0v) is 14.2. The Bertz CT molecular complexity index is 578. The summed E-state index contributed by atoms with van der Waals surface area (Å²) in [5, 5.41) is 7.74. The molecule has 0 amide bonds. The lowest BCUT2D eigenvalue weighted by Crippen LogP contribution is -2.32. The van der Waals surface area contributed by atoms with Crippen molar-refractivity contribution in [3.63, 3.8) is 0 Å². The van der Waals surface area contributed by atoms with E-state index in [1.54, 1.807) is 7.11 Å². The molecule has 0 unspecified atom stereocenters. The smallest absolute Gasteiger partial charge is 0.167 e. The molecule has 6 heteroatoms. The van der Waals surface area contributed by atoms with Gasteiger partial charge >= 0.3 is 0 Å². The van der Waals surface area contributed by atoms with Crippen LogP contribution < -0.4 is 10.1 Å². The zero-order chi connectivity index (χ0) is 15.2. The van der Waals surface area contributed by atoms with Crippen molar-refractivity contribution in [2.45, 2.75) is 12.6 Å². The van der Waals surface area contributed by atoms with Crippen LogP contribution in [-0.4, -0.2) is 41.3 Å². The molecule has 0 aliphatic carbocycles. The Morgan fingerprint density at radius 3 is 2.64 bits per heavy atom. The van der Waals surface area contributed by atoms with Gasteiger partial charge in [0.15, 0.2) is 5.76 Å². The van der Waals surface area contributed by atoms with E-state index in [4.69, 9.17) is 9.26 Å². The summed E-state index contributed by atoms with van der Waals surface area (Å²) in [6.45, 7) is 0.755. The summed E-state index contributed by atoms with van der Waals surface area (Å²) in [6, 6.07) is 10.4. The van der Waals surface area contributed by atoms with Crippen LogP contribution in [0.2, 0.25) is 0 Å². The third kappa shape index (κ3) is 4.21. The third-order valence-electron chi connectivity index (χ3n) is 3.52. The van der Waals surface area contributed by atoms with Gasteiger partial charge < -0.3 is 14.6 Å². The predicted octanol–water partition coefficient (Wildman–Crippen LogP) is 3.29. The normalized spacial score (nSPS) is 16.4. The summed E-state index contributed by atoms with van der Waals surface area (Å²) >= 11 is 4.05. The van der Waals surface area contributed by atoms with E-state index in [-0.39, 0.29) is 0 Å². The summed E-state index contributed by atoms with van der Waals surface area (Å²) in [5.74, 6) is 6.51. The fourth-order valence-electron chi connectivity index (χ4n) is 2.27. The van der Waals surface area contributed by atoms with Crippen molar-refractivity contribution in [3.8, 4) is 17.1 Å². The van der Waals surface area contributed by atoms with Crippen molar-refractivity contribution >= 4 is 23.5 Å². The van der Waals surface area contributed by atoms with E-state index in [9.17, 15) is 0 Å². The number of methoxy groups -OCH3 is 1. The van der Waals surface area contributed by atoms with Crippen LogP contribution in [0.25, 0.3) is 11.3 Å². The molecule has 2 heterocycles. The van der Waals surface area contributed by atoms with E-state index in [1.165, 1.54) is 23.0 Å². The second-order valence-corrected chi connectivity index (χ2v) is 7.44. The van der Waals surface area contributed by atoms with E-state index in [0.717, 1.165) is 29.3 Å². The first-order valence-electron chi connectivity index (χ1n) is 7.34. The minimum atomic E-state index is 0.554. The average molecular weight is 336 g/mol. The van der Waals surface area contributed by atoms with Gasteiger partial charge in [-0.25, -0.2) is 0 Å². The Morgan fingerprint density at radius 1 is 1.23 bits per heavy atom. The van der Waals surface area contributed by atoms with Gasteiger partial charge in [0.1, 0.15) is 5.75 Å². The standard InChI is InChI=1S/C16H20N2O2S2/c1-19-15-4-2-12(3-5-15)16-8-13(18-20-16)9-17-14-10-21-6-7-22-11-14/h2-5,8,14,17H,6-7,9-11H2,1H3. The lowest BCUT2D eigenvalue weighted by molar-refractivity contribution is 0.413. The lowest BCUT2D eigenvalue weighted by Gasteiger charge is -2.13. The van der Waals surface area contributed by atoms with Crippen molar-refractivity contribution in [1.82, 2.24) is 10.5 Å². The van der Waals surface area contributed by atoms with Crippen molar-refractivity contribution in [3.05, 3.63) is 36.0 Å². The molecule has 0 atom stereocenters. The van der Waals surface area contributed by atoms with Crippen molar-refractivity contribution in [2.24, 2.45) is 0 Å². The monoisotopic (exact) mass is 336 g/mol. The molecule has 1 fully saturated rings. The van der Waals surface area contributed by atoms with Crippen LogP contribution in [0.5, 0.6) is 5.75 Å². The second kappa shape index (κ2) is 7.94. The second-order valence-electron chi connectivity index (χ2n) is 5.14. The number of benzene rings is 1. The molecule has 1 saturated heterocycles. The van der Waals surface area contributed by atoms with Crippen LogP contribution in [0, 0.1) is 0 Å². The van der Waals surface area contributed by atoms with Gasteiger partial charge in [0.25, 0.3) is 0 Å². The molecule has 4 nitrogen and oxygen atoms in total. The summed E-state index contributed by atoms with van der Waals surface area (Å²) in [6.07, 6.45) is 0. The van der Waals surface area contributed by atoms with Gasteiger partial charge in [-0.2, -0.15) is 23.5 Å². The Balaban J connectivity index is 1.58. The van der Waals surface area contributed by atoms with Gasteiger partial charge in [-0.3, -0.25) is 0 Å². The number of ether oxygens (including phenoxy) is 1. The van der Waals surface area contributed by atoms with Crippen molar-refractivity contribution in [1.29, 1.82) is 0 Å². The molecule has 1 aliphatic heterocycles. The Labute approximate surface area is 139 Å². The zero-order valence-electron chi connectivity index (χ0n) is 12.6. The molecule has 2 aromatic rings. The number of nitrogens with one attached hydrogen (secondary N) is 1. The summed E-state index contributed by atoms with van der Waals surface area (Å²) < 4.78 is 10.6. The van der Waals surface area contributed by atoms with Gasteiger partial charge in [-0.15, -0.1) is 0 Å². The van der Waals surface area contributed by atoms with Gasteiger partial charge in [-0.1, -0.05) is 5.16 Å². The summed E-state index contributed by atoms with van der Waals surface area (Å²) in [4.78, 5) is 0. The highest BCUT2D eigenvalue weighted by Gasteiger charge is 2.13. The van der Waals surface area contributed by atoms with Crippen LogP contribution in [0.1, 0.15) is 5.69 Å². The molecule has 0 spiro atoms. The highest BCUT2D eigenvalue weighted by Crippen LogP contribution is 2.23. The maximum absolute atomic E-state index is 5.45.